The number of halogens is 3. The van der Waals surface area contributed by atoms with Crippen LogP contribution in [0.3, 0.4) is 0 Å². The first-order valence-electron chi connectivity index (χ1n) is 12.6. The average molecular weight is 595 g/mol. The van der Waals surface area contributed by atoms with Crippen LogP contribution in [0.5, 0.6) is 11.5 Å². The number of rotatable bonds is 7. The number of nitrogens with one attached hydrogen (secondary N) is 2. The van der Waals surface area contributed by atoms with Crippen LogP contribution in [0.25, 0.3) is 0 Å². The van der Waals surface area contributed by atoms with Crippen molar-refractivity contribution in [2.24, 2.45) is 0 Å². The van der Waals surface area contributed by atoms with Gasteiger partial charge in [0.25, 0.3) is 5.91 Å². The molecule has 0 fully saturated rings. The summed E-state index contributed by atoms with van der Waals surface area (Å²) < 4.78 is 64.0. The van der Waals surface area contributed by atoms with Crippen LogP contribution < -0.4 is 20.1 Å². The van der Waals surface area contributed by atoms with Crippen molar-refractivity contribution in [3.8, 4) is 11.5 Å². The molecule has 4 heterocycles. The topological polar surface area (TPSA) is 130 Å². The van der Waals surface area contributed by atoms with Crippen LogP contribution >= 0.6 is 11.3 Å². The van der Waals surface area contributed by atoms with E-state index in [1.165, 1.54) is 13.0 Å². The van der Waals surface area contributed by atoms with Gasteiger partial charge in [-0.3, -0.25) is 4.79 Å². The van der Waals surface area contributed by atoms with E-state index < -0.39 is 36.1 Å². The van der Waals surface area contributed by atoms with Crippen molar-refractivity contribution in [2.45, 2.75) is 45.5 Å². The van der Waals surface area contributed by atoms with E-state index in [1.807, 2.05) is 0 Å². The zero-order chi connectivity index (χ0) is 29.5. The maximum atomic E-state index is 14.2. The number of alkyl halides is 3. The Morgan fingerprint density at radius 3 is 2.54 bits per heavy atom. The Balaban J connectivity index is 1.46. The molecule has 0 bridgehead atoms. The van der Waals surface area contributed by atoms with Gasteiger partial charge < -0.3 is 29.6 Å². The molecule has 15 heteroatoms. The van der Waals surface area contributed by atoms with Crippen molar-refractivity contribution in [2.75, 3.05) is 30.6 Å². The number of nitrogens with zero attached hydrogens (tertiary/aromatic N) is 2. The lowest BCUT2D eigenvalue weighted by atomic mass is 9.96. The molecule has 2 N–H and O–H groups in total. The van der Waals surface area contributed by atoms with E-state index in [0.29, 0.717) is 17.1 Å². The fourth-order valence-corrected chi connectivity index (χ4v) is 5.73. The van der Waals surface area contributed by atoms with Crippen LogP contribution in [0.4, 0.5) is 24.0 Å². The van der Waals surface area contributed by atoms with Gasteiger partial charge in [-0.2, -0.15) is 18.3 Å². The molecule has 0 aliphatic carbocycles. The van der Waals surface area contributed by atoms with Gasteiger partial charge in [0.15, 0.2) is 23.2 Å². The highest BCUT2D eigenvalue weighted by atomic mass is 32.1. The van der Waals surface area contributed by atoms with Gasteiger partial charge in [-0.1, -0.05) is 6.07 Å². The zero-order valence-corrected chi connectivity index (χ0v) is 22.9. The standard InChI is InChI=1S/C26H25F3N4O7S/c1-4-37-24(35)20-12(3)21(25(36)38-5-2)41-23(20)31-22(34)15-10-19-30-14(9-18(26(27,28)29)33(19)32-15)13-6-7-16-17(8-13)40-11-39-16/h6-8,10,14,18,30H,4-5,9,11H2,1-3H3,(H,31,34). The number of anilines is 2. The second kappa shape index (κ2) is 11.0. The summed E-state index contributed by atoms with van der Waals surface area (Å²) in [4.78, 5) is 38.4. The number of aromatic nitrogens is 2. The fourth-order valence-electron chi connectivity index (χ4n) is 4.64. The van der Waals surface area contributed by atoms with Crippen molar-refractivity contribution < 1.29 is 46.5 Å². The number of esters is 2. The molecule has 0 radical (unpaired) electrons. The van der Waals surface area contributed by atoms with Crippen LogP contribution in [0.2, 0.25) is 0 Å². The number of amides is 1. The number of thiophene rings is 1. The number of ether oxygens (including phenoxy) is 4. The number of hydrogen-bond acceptors (Lipinski definition) is 10. The van der Waals surface area contributed by atoms with Crippen LogP contribution in [-0.2, 0) is 9.47 Å². The Hall–Kier alpha value is -4.27. The molecule has 41 heavy (non-hydrogen) atoms. The summed E-state index contributed by atoms with van der Waals surface area (Å²) >= 11 is 0.799. The highest BCUT2D eigenvalue weighted by Crippen LogP contribution is 2.45. The fraction of sp³-hybridized carbons (Fsp3) is 0.385. The van der Waals surface area contributed by atoms with Crippen molar-refractivity contribution in [3.05, 3.63) is 51.5 Å². The molecule has 1 amide bonds. The van der Waals surface area contributed by atoms with E-state index in [0.717, 1.165) is 16.0 Å². The minimum absolute atomic E-state index is 0.0152. The Morgan fingerprint density at radius 1 is 1.12 bits per heavy atom. The Bertz CT molecular complexity index is 1520. The van der Waals surface area contributed by atoms with Gasteiger partial charge in [-0.15, -0.1) is 11.3 Å². The molecule has 2 atom stereocenters. The van der Waals surface area contributed by atoms with Gasteiger partial charge in [0.1, 0.15) is 15.7 Å². The molecular formula is C26H25F3N4O7S. The summed E-state index contributed by atoms with van der Waals surface area (Å²) in [6.45, 7) is 4.88. The van der Waals surface area contributed by atoms with Crippen LogP contribution in [-0.4, -0.2) is 53.8 Å². The molecular weight excluding hydrogens is 569 g/mol. The normalized spacial score (nSPS) is 17.4. The third-order valence-electron chi connectivity index (χ3n) is 6.54. The molecule has 218 valence electrons. The molecule has 11 nitrogen and oxygen atoms in total. The quantitative estimate of drug-likeness (QED) is 0.353. The Labute approximate surface area is 235 Å². The van der Waals surface area contributed by atoms with Gasteiger partial charge in [-0.05, 0) is 44.0 Å². The van der Waals surface area contributed by atoms with Gasteiger partial charge in [-0.25, -0.2) is 14.3 Å². The van der Waals surface area contributed by atoms with Crippen LogP contribution in [0, 0.1) is 6.92 Å². The minimum Gasteiger partial charge on any atom is -0.462 e. The lowest BCUT2D eigenvalue weighted by molar-refractivity contribution is -0.173. The van der Waals surface area contributed by atoms with Crippen molar-refractivity contribution in [1.82, 2.24) is 9.78 Å². The third kappa shape index (κ3) is 5.40. The lowest BCUT2D eigenvalue weighted by Crippen LogP contribution is -2.35. The van der Waals surface area contributed by atoms with E-state index in [4.69, 9.17) is 18.9 Å². The summed E-state index contributed by atoms with van der Waals surface area (Å²) in [6.07, 6.45) is -5.05. The SMILES string of the molecule is CCOC(=O)c1sc(NC(=O)c2cc3n(n2)C(C(F)(F)F)CC(c2ccc4c(c2)OCO4)N3)c(C(=O)OCC)c1C. The van der Waals surface area contributed by atoms with E-state index in [9.17, 15) is 27.6 Å². The first-order valence-corrected chi connectivity index (χ1v) is 13.4. The van der Waals surface area contributed by atoms with Gasteiger partial charge in [0.05, 0.1) is 24.8 Å². The van der Waals surface area contributed by atoms with Gasteiger partial charge in [0, 0.05) is 12.5 Å². The number of hydrogen-bond donors (Lipinski definition) is 2. The van der Waals surface area contributed by atoms with Crippen LogP contribution in [0.1, 0.15) is 74.0 Å². The molecule has 1 aromatic carbocycles. The van der Waals surface area contributed by atoms with Crippen molar-refractivity contribution in [1.29, 1.82) is 0 Å². The average Bonchev–Trinajstić information content (AvgIpc) is 3.64. The summed E-state index contributed by atoms with van der Waals surface area (Å²) in [7, 11) is 0. The van der Waals surface area contributed by atoms with Crippen molar-refractivity contribution >= 4 is 40.0 Å². The maximum Gasteiger partial charge on any atom is 0.410 e. The molecule has 2 unspecified atom stereocenters. The van der Waals surface area contributed by atoms with E-state index >= 15 is 0 Å². The Morgan fingerprint density at radius 2 is 1.83 bits per heavy atom. The summed E-state index contributed by atoms with van der Waals surface area (Å²) in [5.74, 6) is -1.44. The second-order valence-corrected chi connectivity index (χ2v) is 10.1. The number of fused-ring (bicyclic) bond motifs is 2. The Kier molecular flexibility index (Phi) is 7.55. The monoisotopic (exact) mass is 594 g/mol. The molecule has 2 aliphatic heterocycles. The minimum atomic E-state index is -4.66. The van der Waals surface area contributed by atoms with Crippen molar-refractivity contribution in [3.63, 3.8) is 0 Å². The summed E-state index contributed by atoms with van der Waals surface area (Å²) in [5.41, 5.74) is 0.413. The summed E-state index contributed by atoms with van der Waals surface area (Å²) in [5, 5.41) is 9.48. The predicted molar refractivity (Wildman–Crippen MR) is 140 cm³/mol. The number of benzene rings is 1. The molecule has 3 aromatic rings. The molecule has 2 aromatic heterocycles. The highest BCUT2D eigenvalue weighted by molar-refractivity contribution is 7.18. The number of carbonyl (C=O) groups is 3. The number of carbonyl (C=O) groups excluding carboxylic acids is 3. The van der Waals surface area contributed by atoms with E-state index in [2.05, 4.69) is 15.7 Å². The zero-order valence-electron chi connectivity index (χ0n) is 22.1. The molecule has 0 spiro atoms. The second-order valence-electron chi connectivity index (χ2n) is 9.12. The first-order chi connectivity index (χ1) is 19.5. The smallest absolute Gasteiger partial charge is 0.410 e. The first kappa shape index (κ1) is 28.3. The van der Waals surface area contributed by atoms with E-state index in [1.54, 1.807) is 32.0 Å². The molecule has 0 saturated heterocycles. The van der Waals surface area contributed by atoms with Gasteiger partial charge >= 0.3 is 18.1 Å². The lowest BCUT2D eigenvalue weighted by Gasteiger charge is -2.33. The predicted octanol–water partition coefficient (Wildman–Crippen LogP) is 5.25. The van der Waals surface area contributed by atoms with Crippen LogP contribution in [0.15, 0.2) is 24.3 Å². The highest BCUT2D eigenvalue weighted by Gasteiger charge is 2.47. The third-order valence-corrected chi connectivity index (χ3v) is 7.72. The van der Waals surface area contributed by atoms with Gasteiger partial charge in [0.2, 0.25) is 6.79 Å². The maximum absolute atomic E-state index is 14.2. The van der Waals surface area contributed by atoms with E-state index in [-0.39, 0.29) is 58.9 Å². The molecule has 0 saturated carbocycles. The molecule has 2 aliphatic rings. The molecule has 5 rings (SSSR count). The summed E-state index contributed by atoms with van der Waals surface area (Å²) in [6, 6.07) is 3.30. The largest absolute Gasteiger partial charge is 0.462 e.